The van der Waals surface area contributed by atoms with Crippen molar-refractivity contribution in [2.75, 3.05) is 12.5 Å². The summed E-state index contributed by atoms with van der Waals surface area (Å²) in [5, 5.41) is 0. The van der Waals surface area contributed by atoms with Crippen molar-refractivity contribution in [2.45, 2.75) is 37.9 Å². The van der Waals surface area contributed by atoms with E-state index in [4.69, 9.17) is 5.84 Å². The molecule has 0 aromatic heterocycles. The number of rotatable bonds is 3. The van der Waals surface area contributed by atoms with Crippen LogP contribution in [0.2, 0.25) is 0 Å². The molecule has 7 heteroatoms. The van der Waals surface area contributed by atoms with Crippen LogP contribution in [0.1, 0.15) is 41.6 Å². The van der Waals surface area contributed by atoms with Crippen LogP contribution < -0.4 is 11.3 Å². The number of nitrogens with two attached hydrogens (primary N) is 1. The van der Waals surface area contributed by atoms with Crippen LogP contribution in [-0.4, -0.2) is 23.9 Å². The Bertz CT molecular complexity index is 525. The maximum Gasteiger partial charge on any atom is 0.418 e. The zero-order chi connectivity index (χ0) is 15.6. The van der Waals surface area contributed by atoms with Crippen LogP contribution in [0.5, 0.6) is 0 Å². The molecule has 2 rings (SSSR count). The lowest BCUT2D eigenvalue weighted by atomic mass is 10.1. The first-order valence-corrected chi connectivity index (χ1v) is 6.79. The van der Waals surface area contributed by atoms with Crippen LogP contribution in [0.3, 0.4) is 0 Å². The van der Waals surface area contributed by atoms with Crippen molar-refractivity contribution in [1.29, 1.82) is 0 Å². The number of halogens is 3. The first-order chi connectivity index (χ1) is 9.84. The Balaban J connectivity index is 2.29. The lowest BCUT2D eigenvalue weighted by Gasteiger charge is -2.25. The van der Waals surface area contributed by atoms with E-state index < -0.39 is 17.6 Å². The van der Waals surface area contributed by atoms with Gasteiger partial charge in [-0.05, 0) is 31.0 Å². The van der Waals surface area contributed by atoms with Gasteiger partial charge in [0.25, 0.3) is 5.91 Å². The molecule has 0 saturated heterocycles. The molecule has 1 fully saturated rings. The molecule has 4 nitrogen and oxygen atoms in total. The molecule has 1 saturated carbocycles. The summed E-state index contributed by atoms with van der Waals surface area (Å²) in [5.74, 6) is 4.69. The Hall–Kier alpha value is -1.76. The molecule has 0 bridgehead atoms. The second kappa shape index (κ2) is 5.93. The average molecular weight is 301 g/mol. The number of amides is 1. The maximum absolute atomic E-state index is 13.0. The minimum atomic E-state index is -4.57. The Kier molecular flexibility index (Phi) is 4.41. The summed E-state index contributed by atoms with van der Waals surface area (Å²) < 4.78 is 38.9. The van der Waals surface area contributed by atoms with Crippen molar-refractivity contribution in [2.24, 2.45) is 5.84 Å². The topological polar surface area (TPSA) is 58.4 Å². The van der Waals surface area contributed by atoms with E-state index in [0.717, 1.165) is 31.7 Å². The molecule has 1 aliphatic rings. The third kappa shape index (κ3) is 3.29. The van der Waals surface area contributed by atoms with Gasteiger partial charge in [0, 0.05) is 18.7 Å². The Labute approximate surface area is 121 Å². The van der Waals surface area contributed by atoms with Gasteiger partial charge in [-0.15, -0.1) is 0 Å². The summed E-state index contributed by atoms with van der Waals surface area (Å²) in [6.07, 6.45) is -0.671. The predicted octanol–water partition coefficient (Wildman–Crippen LogP) is 3.01. The number of hydrogen-bond acceptors (Lipinski definition) is 3. The molecule has 1 aliphatic carbocycles. The summed E-state index contributed by atoms with van der Waals surface area (Å²) in [6.45, 7) is 0. The zero-order valence-corrected chi connectivity index (χ0v) is 11.7. The van der Waals surface area contributed by atoms with Crippen molar-refractivity contribution in [3.8, 4) is 0 Å². The molecular weight excluding hydrogens is 283 g/mol. The SMILES string of the molecule is CN(C(=O)c1ccc(NN)c(C(F)(F)F)c1)C1CCCC1. The van der Waals surface area contributed by atoms with Gasteiger partial charge in [0.2, 0.25) is 0 Å². The zero-order valence-electron chi connectivity index (χ0n) is 11.7. The highest BCUT2D eigenvalue weighted by atomic mass is 19.4. The van der Waals surface area contributed by atoms with E-state index in [0.29, 0.717) is 0 Å². The van der Waals surface area contributed by atoms with Gasteiger partial charge in [-0.25, -0.2) is 0 Å². The molecule has 0 heterocycles. The Morgan fingerprint density at radius 3 is 2.48 bits per heavy atom. The van der Waals surface area contributed by atoms with Crippen LogP contribution in [0, 0.1) is 0 Å². The number of benzene rings is 1. The second-order valence-corrected chi connectivity index (χ2v) is 5.26. The first-order valence-electron chi connectivity index (χ1n) is 6.79. The first kappa shape index (κ1) is 15.6. The molecule has 116 valence electrons. The molecule has 1 amide bonds. The highest BCUT2D eigenvalue weighted by Gasteiger charge is 2.35. The van der Waals surface area contributed by atoms with E-state index >= 15 is 0 Å². The number of hydrazine groups is 1. The quantitative estimate of drug-likeness (QED) is 0.666. The molecule has 3 N–H and O–H groups in total. The summed E-state index contributed by atoms with van der Waals surface area (Å²) in [4.78, 5) is 13.9. The van der Waals surface area contributed by atoms with Crippen LogP contribution >= 0.6 is 0 Å². The molecular formula is C14H18F3N3O. The van der Waals surface area contributed by atoms with E-state index in [1.54, 1.807) is 7.05 Å². The fourth-order valence-electron chi connectivity index (χ4n) is 2.70. The molecule has 0 unspecified atom stereocenters. The minimum absolute atomic E-state index is 0.0238. The second-order valence-electron chi connectivity index (χ2n) is 5.26. The van der Waals surface area contributed by atoms with Gasteiger partial charge >= 0.3 is 6.18 Å². The van der Waals surface area contributed by atoms with Crippen LogP contribution in [0.15, 0.2) is 18.2 Å². The van der Waals surface area contributed by atoms with E-state index in [9.17, 15) is 18.0 Å². The number of nitrogen functional groups attached to an aromatic ring is 1. The van der Waals surface area contributed by atoms with Gasteiger partial charge in [0.1, 0.15) is 0 Å². The highest BCUT2D eigenvalue weighted by molar-refractivity contribution is 5.95. The molecule has 1 aromatic carbocycles. The van der Waals surface area contributed by atoms with Gasteiger partial charge in [-0.1, -0.05) is 12.8 Å². The fourth-order valence-corrected chi connectivity index (χ4v) is 2.70. The predicted molar refractivity (Wildman–Crippen MR) is 73.6 cm³/mol. The number of anilines is 1. The standard InChI is InChI=1S/C14H18F3N3O/c1-20(10-4-2-3-5-10)13(21)9-6-7-12(19-18)11(8-9)14(15,16)17/h6-8,10,19H,2-5,18H2,1H3. The largest absolute Gasteiger partial charge is 0.418 e. The third-order valence-electron chi connectivity index (χ3n) is 3.92. The summed E-state index contributed by atoms with van der Waals surface area (Å²) >= 11 is 0. The number of alkyl halides is 3. The Morgan fingerprint density at radius 1 is 1.33 bits per heavy atom. The van der Waals surface area contributed by atoms with Crippen molar-refractivity contribution >= 4 is 11.6 Å². The normalized spacial score (nSPS) is 16.0. The van der Waals surface area contributed by atoms with E-state index in [1.165, 1.54) is 17.0 Å². The van der Waals surface area contributed by atoms with E-state index in [1.807, 2.05) is 5.43 Å². The van der Waals surface area contributed by atoms with Crippen molar-refractivity contribution < 1.29 is 18.0 Å². The summed E-state index contributed by atoms with van der Waals surface area (Å²) in [7, 11) is 1.64. The van der Waals surface area contributed by atoms with Crippen molar-refractivity contribution in [1.82, 2.24) is 4.90 Å². The van der Waals surface area contributed by atoms with Crippen molar-refractivity contribution in [3.63, 3.8) is 0 Å². The number of nitrogens with one attached hydrogen (secondary N) is 1. The fraction of sp³-hybridized carbons (Fsp3) is 0.500. The molecule has 21 heavy (non-hydrogen) atoms. The molecule has 0 radical (unpaired) electrons. The van der Waals surface area contributed by atoms with Gasteiger partial charge in [-0.2, -0.15) is 13.2 Å². The van der Waals surface area contributed by atoms with Crippen LogP contribution in [0.4, 0.5) is 18.9 Å². The lowest BCUT2D eigenvalue weighted by Crippen LogP contribution is -2.35. The monoisotopic (exact) mass is 301 g/mol. The number of carbonyl (C=O) groups is 1. The van der Waals surface area contributed by atoms with E-state index in [2.05, 4.69) is 0 Å². The van der Waals surface area contributed by atoms with Gasteiger partial charge in [0.05, 0.1) is 11.3 Å². The molecule has 1 aromatic rings. The van der Waals surface area contributed by atoms with Gasteiger partial charge < -0.3 is 10.3 Å². The van der Waals surface area contributed by atoms with Crippen molar-refractivity contribution in [3.05, 3.63) is 29.3 Å². The maximum atomic E-state index is 13.0. The van der Waals surface area contributed by atoms with Crippen LogP contribution in [0.25, 0.3) is 0 Å². The molecule has 0 aliphatic heterocycles. The van der Waals surface area contributed by atoms with E-state index in [-0.39, 0.29) is 17.3 Å². The van der Waals surface area contributed by atoms with Gasteiger partial charge in [-0.3, -0.25) is 10.6 Å². The number of nitrogens with zero attached hydrogens (tertiary/aromatic N) is 1. The summed E-state index contributed by atoms with van der Waals surface area (Å²) in [5.41, 5.74) is 0.849. The number of carbonyl (C=O) groups excluding carboxylic acids is 1. The van der Waals surface area contributed by atoms with Gasteiger partial charge in [0.15, 0.2) is 0 Å². The Morgan fingerprint density at radius 2 is 1.95 bits per heavy atom. The highest BCUT2D eigenvalue weighted by Crippen LogP contribution is 2.35. The molecule has 0 spiro atoms. The summed E-state index contributed by atoms with van der Waals surface area (Å²) in [6, 6.07) is 3.50. The minimum Gasteiger partial charge on any atom is -0.339 e. The smallest absolute Gasteiger partial charge is 0.339 e. The molecule has 0 atom stereocenters. The number of hydrogen-bond donors (Lipinski definition) is 2. The average Bonchev–Trinajstić information content (AvgIpc) is 2.98. The van der Waals surface area contributed by atoms with Crippen LogP contribution in [-0.2, 0) is 6.18 Å². The third-order valence-corrected chi connectivity index (χ3v) is 3.92. The lowest BCUT2D eigenvalue weighted by molar-refractivity contribution is -0.137.